The van der Waals surface area contributed by atoms with E-state index in [1.807, 2.05) is 0 Å². The van der Waals surface area contributed by atoms with Gasteiger partial charge in [-0.15, -0.1) is 0 Å². The fraction of sp³-hybridized carbons (Fsp3) is 0.450. The number of thiol groups is 1. The SMILES string of the molecule is CC[C@H](O)[C@@H]1C(=O)N2C(C(=O)S)=C(CCC(=O)NC)S[C@]12Cc1ccc([N+](=O)[O-])cc1. The van der Waals surface area contributed by atoms with Gasteiger partial charge in [0.2, 0.25) is 16.9 Å². The molecule has 2 amide bonds. The summed E-state index contributed by atoms with van der Waals surface area (Å²) in [5.74, 6) is -1.32. The highest BCUT2D eigenvalue weighted by Crippen LogP contribution is 2.61. The average molecular weight is 466 g/mol. The maximum Gasteiger partial charge on any atom is 0.269 e. The molecule has 9 nitrogen and oxygen atoms in total. The van der Waals surface area contributed by atoms with Crippen LogP contribution in [0, 0.1) is 16.0 Å². The Labute approximate surface area is 188 Å². The number of nitro benzene ring substituents is 1. The van der Waals surface area contributed by atoms with Gasteiger partial charge in [0.05, 0.1) is 16.9 Å². The first kappa shape index (κ1) is 23.3. The molecule has 166 valence electrons. The summed E-state index contributed by atoms with van der Waals surface area (Å²) in [5.41, 5.74) is 0.814. The quantitative estimate of drug-likeness (QED) is 0.220. The number of thioether (sulfide) groups is 1. The Balaban J connectivity index is 1.98. The van der Waals surface area contributed by atoms with E-state index in [-0.39, 0.29) is 42.5 Å². The summed E-state index contributed by atoms with van der Waals surface area (Å²) >= 11 is 5.25. The van der Waals surface area contributed by atoms with Gasteiger partial charge in [-0.25, -0.2) is 0 Å². The molecule has 0 bridgehead atoms. The Morgan fingerprint density at radius 2 is 2.03 bits per heavy atom. The second-order valence-corrected chi connectivity index (χ2v) is 9.23. The molecule has 1 fully saturated rings. The number of non-ortho nitro benzene ring substituents is 1. The lowest BCUT2D eigenvalue weighted by Crippen LogP contribution is -2.71. The van der Waals surface area contributed by atoms with Gasteiger partial charge in [-0.1, -0.05) is 43.4 Å². The zero-order valence-corrected chi connectivity index (χ0v) is 18.7. The number of hydrogen-bond acceptors (Lipinski definition) is 7. The van der Waals surface area contributed by atoms with E-state index in [9.17, 15) is 29.6 Å². The van der Waals surface area contributed by atoms with Crippen molar-refractivity contribution in [2.75, 3.05) is 7.05 Å². The smallest absolute Gasteiger partial charge is 0.269 e. The highest BCUT2D eigenvalue weighted by Gasteiger charge is 2.68. The number of allylic oxidation sites excluding steroid dienone is 1. The summed E-state index contributed by atoms with van der Waals surface area (Å²) < 4.78 is 0. The van der Waals surface area contributed by atoms with E-state index in [0.29, 0.717) is 11.3 Å². The molecule has 11 heteroatoms. The molecule has 0 aromatic heterocycles. The minimum Gasteiger partial charge on any atom is -0.392 e. The van der Waals surface area contributed by atoms with Crippen LogP contribution in [0.2, 0.25) is 0 Å². The van der Waals surface area contributed by atoms with Gasteiger partial charge in [-0.05, 0) is 18.4 Å². The van der Waals surface area contributed by atoms with E-state index in [0.717, 1.165) is 5.56 Å². The summed E-state index contributed by atoms with van der Waals surface area (Å²) in [5, 5.41) is 23.5. The monoisotopic (exact) mass is 465 g/mol. The van der Waals surface area contributed by atoms with Crippen molar-refractivity contribution in [3.63, 3.8) is 0 Å². The minimum absolute atomic E-state index is 0.0531. The van der Waals surface area contributed by atoms with E-state index < -0.39 is 26.9 Å². The molecule has 2 N–H and O–H groups in total. The van der Waals surface area contributed by atoms with Crippen molar-refractivity contribution in [3.05, 3.63) is 50.5 Å². The van der Waals surface area contributed by atoms with Crippen molar-refractivity contribution in [2.24, 2.45) is 5.92 Å². The molecule has 0 unspecified atom stereocenters. The second-order valence-electron chi connectivity index (χ2n) is 7.42. The number of carbonyl (C=O) groups excluding carboxylic acids is 3. The van der Waals surface area contributed by atoms with Gasteiger partial charge in [0.25, 0.3) is 5.69 Å². The largest absolute Gasteiger partial charge is 0.392 e. The summed E-state index contributed by atoms with van der Waals surface area (Å²) in [4.78, 5) is 48.5. The first-order valence-electron chi connectivity index (χ1n) is 9.77. The molecule has 1 aromatic rings. The number of nitrogens with zero attached hydrogens (tertiary/aromatic N) is 2. The number of nitro groups is 1. The Bertz CT molecular complexity index is 964. The first-order valence-corrected chi connectivity index (χ1v) is 11.0. The zero-order chi connectivity index (χ0) is 22.9. The van der Waals surface area contributed by atoms with E-state index in [4.69, 9.17) is 0 Å². The van der Waals surface area contributed by atoms with Crippen LogP contribution in [0.5, 0.6) is 0 Å². The Hall–Kier alpha value is -2.37. The lowest BCUT2D eigenvalue weighted by Gasteiger charge is -2.55. The van der Waals surface area contributed by atoms with Crippen molar-refractivity contribution in [1.82, 2.24) is 10.2 Å². The number of fused-ring (bicyclic) bond motifs is 1. The second kappa shape index (κ2) is 9.01. The molecule has 0 aliphatic carbocycles. The van der Waals surface area contributed by atoms with Gasteiger partial charge in [-0.2, -0.15) is 0 Å². The van der Waals surface area contributed by atoms with Crippen molar-refractivity contribution in [1.29, 1.82) is 0 Å². The lowest BCUT2D eigenvalue weighted by atomic mass is 9.77. The third-order valence-electron chi connectivity index (χ3n) is 5.61. The molecule has 3 atom stereocenters. The lowest BCUT2D eigenvalue weighted by molar-refractivity contribution is -0.384. The predicted octanol–water partition coefficient (Wildman–Crippen LogP) is 2.00. The van der Waals surface area contributed by atoms with Crippen LogP contribution in [-0.2, 0) is 20.8 Å². The third kappa shape index (κ3) is 4.09. The fourth-order valence-electron chi connectivity index (χ4n) is 4.08. The summed E-state index contributed by atoms with van der Waals surface area (Å²) in [6.07, 6.45) is 0.109. The molecule has 2 aliphatic rings. The molecule has 0 spiro atoms. The fourth-order valence-corrected chi connectivity index (χ4v) is 6.20. The van der Waals surface area contributed by atoms with Gasteiger partial charge in [0.1, 0.15) is 10.6 Å². The average Bonchev–Trinajstić information content (AvgIpc) is 3.02. The van der Waals surface area contributed by atoms with Crippen LogP contribution >= 0.6 is 24.4 Å². The zero-order valence-electron chi connectivity index (χ0n) is 17.0. The number of aliphatic hydroxyl groups is 1. The molecule has 1 saturated heterocycles. The number of benzene rings is 1. The minimum atomic E-state index is -0.950. The number of hydrogen-bond donors (Lipinski definition) is 3. The molecular weight excluding hydrogens is 442 g/mol. The molecule has 0 radical (unpaired) electrons. The maximum absolute atomic E-state index is 13.0. The van der Waals surface area contributed by atoms with Gasteiger partial charge < -0.3 is 10.4 Å². The van der Waals surface area contributed by atoms with Crippen LogP contribution in [0.4, 0.5) is 5.69 Å². The Kier molecular flexibility index (Phi) is 6.77. The van der Waals surface area contributed by atoms with Crippen molar-refractivity contribution >= 4 is 47.0 Å². The van der Waals surface area contributed by atoms with Gasteiger partial charge in [0, 0.05) is 36.9 Å². The van der Waals surface area contributed by atoms with Crippen LogP contribution in [0.3, 0.4) is 0 Å². The first-order chi connectivity index (χ1) is 14.7. The van der Waals surface area contributed by atoms with Crippen LogP contribution in [0.25, 0.3) is 0 Å². The summed E-state index contributed by atoms with van der Waals surface area (Å²) in [7, 11) is 1.52. The van der Waals surface area contributed by atoms with Crippen molar-refractivity contribution < 1.29 is 24.4 Å². The standard InChI is InChI=1S/C20H23N3O6S2/c1-3-13(24)16-18(26)22-17(19(27)30)14(8-9-15(25)21-2)31-20(16,22)10-11-4-6-12(7-5-11)23(28)29/h4-7,13,16,24H,3,8-10H2,1-2H3,(H,21,25)(H,27,30)/t13-,16+,20+/m0/s1. The number of nitrogens with one attached hydrogen (secondary N) is 1. The van der Waals surface area contributed by atoms with Crippen LogP contribution < -0.4 is 5.32 Å². The number of carbonyl (C=O) groups is 3. The number of aliphatic hydroxyl groups excluding tert-OH is 1. The summed E-state index contributed by atoms with van der Waals surface area (Å²) in [6, 6.07) is 5.97. The van der Waals surface area contributed by atoms with Gasteiger partial charge in [-0.3, -0.25) is 29.4 Å². The molecule has 1 aromatic carbocycles. The van der Waals surface area contributed by atoms with E-state index in [2.05, 4.69) is 17.9 Å². The number of amides is 2. The van der Waals surface area contributed by atoms with E-state index in [1.165, 1.54) is 35.8 Å². The molecule has 3 rings (SSSR count). The summed E-state index contributed by atoms with van der Waals surface area (Å²) in [6.45, 7) is 1.77. The maximum atomic E-state index is 13.0. The van der Waals surface area contributed by atoms with Crippen LogP contribution in [-0.4, -0.2) is 49.9 Å². The molecule has 2 heterocycles. The van der Waals surface area contributed by atoms with Crippen molar-refractivity contribution in [3.8, 4) is 0 Å². The van der Waals surface area contributed by atoms with E-state index in [1.54, 1.807) is 19.1 Å². The topological polar surface area (TPSA) is 130 Å². The number of rotatable bonds is 9. The highest BCUT2D eigenvalue weighted by atomic mass is 32.2. The number of β-lactam (4-membered cyclic amide) rings is 1. The van der Waals surface area contributed by atoms with Crippen LogP contribution in [0.15, 0.2) is 34.9 Å². The Morgan fingerprint density at radius 3 is 2.55 bits per heavy atom. The molecular formula is C20H23N3O6S2. The van der Waals surface area contributed by atoms with Crippen molar-refractivity contribution in [2.45, 2.75) is 43.6 Å². The van der Waals surface area contributed by atoms with E-state index >= 15 is 0 Å². The Morgan fingerprint density at radius 1 is 1.39 bits per heavy atom. The van der Waals surface area contributed by atoms with Crippen LogP contribution in [0.1, 0.15) is 31.7 Å². The predicted molar refractivity (Wildman–Crippen MR) is 118 cm³/mol. The third-order valence-corrected chi connectivity index (χ3v) is 7.40. The molecule has 31 heavy (non-hydrogen) atoms. The normalized spacial score (nSPS) is 23.3. The highest BCUT2D eigenvalue weighted by molar-refractivity contribution is 8.05. The van der Waals surface area contributed by atoms with Gasteiger partial charge >= 0.3 is 0 Å². The molecule has 2 aliphatic heterocycles. The van der Waals surface area contributed by atoms with Gasteiger partial charge in [0.15, 0.2) is 0 Å². The molecule has 0 saturated carbocycles.